The Hall–Kier alpha value is -5.12. The van der Waals surface area contributed by atoms with Crippen molar-refractivity contribution in [3.8, 4) is 0 Å². The van der Waals surface area contributed by atoms with Crippen LogP contribution in [0, 0.1) is 28.6 Å². The van der Waals surface area contributed by atoms with Crippen molar-refractivity contribution in [1.29, 1.82) is 0 Å². The normalized spacial score (nSPS) is 34.2. The maximum Gasteiger partial charge on any atom is 0.408 e. The number of hydrogen-bond acceptors (Lipinski definition) is 14. The quantitative estimate of drug-likeness (QED) is 0.177. The zero-order valence-corrected chi connectivity index (χ0v) is 35.9. The highest BCUT2D eigenvalue weighted by molar-refractivity contribution is 5.98. The van der Waals surface area contributed by atoms with Crippen LogP contribution in [0.2, 0.25) is 0 Å². The topological polar surface area (TPSA) is 210 Å². The number of aliphatic hydroxyl groups is 2. The Kier molecular flexibility index (Phi) is 11.1. The number of ether oxygens (including phenoxy) is 6. The van der Waals surface area contributed by atoms with Crippen LogP contribution in [0.5, 0.6) is 0 Å². The van der Waals surface area contributed by atoms with E-state index in [1.807, 2.05) is 6.92 Å². The van der Waals surface area contributed by atoms with Crippen molar-refractivity contribution >= 4 is 35.8 Å². The third-order valence-electron chi connectivity index (χ3n) is 13.8. The Morgan fingerprint density at radius 1 is 0.918 bits per heavy atom. The van der Waals surface area contributed by atoms with Crippen molar-refractivity contribution in [1.82, 2.24) is 5.32 Å². The van der Waals surface area contributed by atoms with Crippen molar-refractivity contribution in [3.05, 3.63) is 82.9 Å². The average Bonchev–Trinajstić information content (AvgIpc) is 3.77. The van der Waals surface area contributed by atoms with E-state index in [-0.39, 0.29) is 23.3 Å². The number of benzene rings is 2. The van der Waals surface area contributed by atoms with Gasteiger partial charge in [0.15, 0.2) is 23.6 Å². The highest BCUT2D eigenvalue weighted by atomic mass is 16.6. The van der Waals surface area contributed by atoms with Crippen LogP contribution >= 0.6 is 0 Å². The molecular formula is C46H55NO14. The van der Waals surface area contributed by atoms with Crippen LogP contribution in [0.25, 0.3) is 0 Å². The minimum absolute atomic E-state index is 0.125. The highest BCUT2D eigenvalue weighted by Crippen LogP contribution is 2.77. The molecule has 2 aromatic carbocycles. The molecule has 15 nitrogen and oxygen atoms in total. The van der Waals surface area contributed by atoms with E-state index in [1.54, 1.807) is 90.1 Å². The molecule has 15 heteroatoms. The molecule has 4 fully saturated rings. The third kappa shape index (κ3) is 7.11. The van der Waals surface area contributed by atoms with E-state index in [9.17, 15) is 34.2 Å². The number of amides is 1. The molecule has 7 rings (SSSR count). The summed E-state index contributed by atoms with van der Waals surface area (Å²) >= 11 is 0. The first-order chi connectivity index (χ1) is 28.5. The molecular weight excluding hydrogens is 790 g/mol. The molecule has 5 aliphatic rings. The number of aliphatic hydroxyl groups excluding tert-OH is 1. The smallest absolute Gasteiger partial charge is 0.408 e. The van der Waals surface area contributed by atoms with Crippen molar-refractivity contribution < 1.29 is 67.4 Å². The van der Waals surface area contributed by atoms with Crippen molar-refractivity contribution in [2.75, 3.05) is 6.61 Å². The Bertz CT molecular complexity index is 2150. The summed E-state index contributed by atoms with van der Waals surface area (Å²) in [6.45, 7) is 13.9. The largest absolute Gasteiger partial charge is 0.456 e. The van der Waals surface area contributed by atoms with Gasteiger partial charge in [-0.15, -0.1) is 0 Å². The van der Waals surface area contributed by atoms with Gasteiger partial charge in [0.25, 0.3) is 0 Å². The molecule has 1 heterocycles. The van der Waals surface area contributed by atoms with E-state index < -0.39 is 124 Å². The lowest BCUT2D eigenvalue weighted by molar-refractivity contribution is -0.323. The average molecular weight is 846 g/mol. The maximum absolute atomic E-state index is 15.7. The van der Waals surface area contributed by atoms with Gasteiger partial charge in [-0.1, -0.05) is 69.3 Å². The van der Waals surface area contributed by atoms with E-state index in [0.717, 1.165) is 6.92 Å². The first-order valence-corrected chi connectivity index (χ1v) is 20.7. The lowest BCUT2D eigenvalue weighted by atomic mass is 9.48. The Balaban J connectivity index is 1.39. The minimum atomic E-state index is -2.26. The van der Waals surface area contributed by atoms with Gasteiger partial charge in [-0.05, 0) is 74.8 Å². The first-order valence-electron chi connectivity index (χ1n) is 20.7. The molecule has 2 aromatic rings. The molecule has 3 N–H and O–H groups in total. The summed E-state index contributed by atoms with van der Waals surface area (Å²) in [7, 11) is 0. The molecule has 12 atom stereocenters. The fourth-order valence-electron chi connectivity index (χ4n) is 11.0. The molecule has 0 aromatic heterocycles. The predicted octanol–water partition coefficient (Wildman–Crippen LogP) is 4.72. The van der Waals surface area contributed by atoms with Crippen LogP contribution in [0.4, 0.5) is 4.79 Å². The van der Waals surface area contributed by atoms with Crippen LogP contribution < -0.4 is 5.32 Å². The molecule has 0 radical (unpaired) electrons. The minimum Gasteiger partial charge on any atom is -0.456 e. The Morgan fingerprint density at radius 3 is 2.10 bits per heavy atom. The number of nitrogens with one attached hydrogen (secondary N) is 1. The number of carbonyl (C=O) groups is 6. The van der Waals surface area contributed by atoms with E-state index >= 15 is 4.79 Å². The second-order valence-corrected chi connectivity index (χ2v) is 18.7. The fraction of sp³-hybridized carbons (Fsp3) is 0.565. The SMILES string of the molecule is CC(=O)O[C@H]1C(=O)[C@]23[C@H](C[C@H]4OC[C@@]4(OC(C)=O)[C@H]2[C@H](OC(=O)c2ccccc2)[C@]2(O)C[C@H](OC(=O)[C@H](O)[C@@H](NC(=O)OC(C)(C)C)c4ccccc4)C(C)=C1C2(C)C)[C@@H]3C. The molecule has 1 saturated heterocycles. The van der Waals surface area contributed by atoms with Crippen LogP contribution in [0.15, 0.2) is 71.8 Å². The number of Topliss-reactive ketones (excluding diaryl/α,β-unsaturated/α-hetero) is 1. The molecule has 3 saturated carbocycles. The van der Waals surface area contributed by atoms with Crippen LogP contribution in [-0.4, -0.2) is 99.9 Å². The van der Waals surface area contributed by atoms with E-state index in [2.05, 4.69) is 5.32 Å². The van der Waals surface area contributed by atoms with Gasteiger partial charge in [-0.3, -0.25) is 14.4 Å². The Morgan fingerprint density at radius 2 is 1.54 bits per heavy atom. The standard InChI is InChI=1S/C46H55NO14/c1-23-30(58-40(53)34(50)33(27-16-12-10-13-17-27)47-41(54)61-42(5,6)7)21-45(55)38(59-39(52)28-18-14-11-15-19-28)36-44(60-26(4)49)22-56-31(44)20-29-24(2)46(29,36)37(51)35(57-25(3)48)32(23)43(45,8)9/h10-19,24,29-31,33-36,38,50,55H,20-22H2,1-9H3,(H,47,54)/t24-,29+,30-,31+,33-,34+,35+,36+,38-,44-,45+,46+/m0/s1. The lowest BCUT2D eigenvalue weighted by Crippen LogP contribution is -2.78. The summed E-state index contributed by atoms with van der Waals surface area (Å²) in [5.41, 5.74) is -6.89. The van der Waals surface area contributed by atoms with E-state index in [0.29, 0.717) is 12.0 Å². The molecule has 1 aliphatic heterocycles. The van der Waals surface area contributed by atoms with Crippen LogP contribution in [0.1, 0.15) is 97.1 Å². The lowest BCUT2D eigenvalue weighted by Gasteiger charge is -2.64. The number of carbonyl (C=O) groups excluding carboxylic acids is 6. The molecule has 1 amide bonds. The Labute approximate surface area is 354 Å². The number of alkyl carbamates (subject to hydrolysis) is 1. The summed E-state index contributed by atoms with van der Waals surface area (Å²) in [4.78, 5) is 83.3. The van der Waals surface area contributed by atoms with Gasteiger partial charge >= 0.3 is 30.0 Å². The first kappa shape index (κ1) is 44.0. The maximum atomic E-state index is 15.7. The zero-order valence-electron chi connectivity index (χ0n) is 35.9. The molecule has 0 unspecified atom stereocenters. The molecule has 328 valence electrons. The molecule has 2 bridgehead atoms. The third-order valence-corrected chi connectivity index (χ3v) is 13.8. The van der Waals surface area contributed by atoms with Gasteiger partial charge in [0.2, 0.25) is 0 Å². The second-order valence-electron chi connectivity index (χ2n) is 18.7. The van der Waals surface area contributed by atoms with Gasteiger partial charge in [0, 0.05) is 31.1 Å². The summed E-state index contributed by atoms with van der Waals surface area (Å²) in [6, 6.07) is 14.9. The summed E-state index contributed by atoms with van der Waals surface area (Å²) in [6.07, 6.45) is -8.51. The van der Waals surface area contributed by atoms with Gasteiger partial charge in [-0.25, -0.2) is 14.4 Å². The number of ketones is 1. The van der Waals surface area contributed by atoms with Crippen LogP contribution in [-0.2, 0) is 47.6 Å². The van der Waals surface area contributed by atoms with Gasteiger partial charge in [0.05, 0.1) is 24.1 Å². The number of fused-ring (bicyclic) bond motifs is 4. The van der Waals surface area contributed by atoms with Crippen molar-refractivity contribution in [3.63, 3.8) is 0 Å². The summed E-state index contributed by atoms with van der Waals surface area (Å²) < 4.78 is 36.3. The monoisotopic (exact) mass is 845 g/mol. The van der Waals surface area contributed by atoms with Crippen LogP contribution in [0.3, 0.4) is 0 Å². The molecule has 61 heavy (non-hydrogen) atoms. The van der Waals surface area contributed by atoms with E-state index in [4.69, 9.17) is 28.4 Å². The predicted molar refractivity (Wildman–Crippen MR) is 214 cm³/mol. The highest BCUT2D eigenvalue weighted by Gasteiger charge is 2.86. The zero-order chi connectivity index (χ0) is 44.6. The second kappa shape index (κ2) is 15.3. The van der Waals surface area contributed by atoms with Gasteiger partial charge < -0.3 is 44.0 Å². The number of rotatable bonds is 9. The fourth-order valence-corrected chi connectivity index (χ4v) is 11.0. The molecule has 4 aliphatic carbocycles. The van der Waals surface area contributed by atoms with Crippen molar-refractivity contribution in [2.24, 2.45) is 28.6 Å². The van der Waals surface area contributed by atoms with E-state index in [1.165, 1.54) is 19.1 Å². The number of esters is 4. The molecule has 1 spiro atoms. The van der Waals surface area contributed by atoms with Gasteiger partial charge in [0.1, 0.15) is 29.5 Å². The van der Waals surface area contributed by atoms with Gasteiger partial charge in [-0.2, -0.15) is 0 Å². The van der Waals surface area contributed by atoms with Crippen molar-refractivity contribution in [2.45, 2.75) is 129 Å². The summed E-state index contributed by atoms with van der Waals surface area (Å²) in [5, 5.41) is 28.0. The number of hydrogen-bond donors (Lipinski definition) is 3. The summed E-state index contributed by atoms with van der Waals surface area (Å²) in [5.74, 6) is -6.14.